The van der Waals surface area contributed by atoms with Gasteiger partial charge >= 0.3 is 0 Å². The summed E-state index contributed by atoms with van der Waals surface area (Å²) >= 11 is 0. The number of hydrogen-bond acceptors (Lipinski definition) is 0. The molecule has 0 saturated heterocycles. The van der Waals surface area contributed by atoms with Crippen LogP contribution in [0.4, 0.5) is 0 Å². The highest BCUT2D eigenvalue weighted by Crippen LogP contribution is 2.63. The van der Waals surface area contributed by atoms with Crippen molar-refractivity contribution in [1.29, 1.82) is 0 Å². The number of allylic oxidation sites excluding steroid dienone is 16. The molecule has 0 spiro atoms. The van der Waals surface area contributed by atoms with Crippen LogP contribution in [0.1, 0.15) is 26.7 Å². The molecule has 2 fully saturated rings. The second kappa shape index (κ2) is 6.71. The summed E-state index contributed by atoms with van der Waals surface area (Å²) < 4.78 is 0. The Morgan fingerprint density at radius 1 is 0.467 bits per heavy atom. The summed E-state index contributed by atoms with van der Waals surface area (Å²) in [5, 5.41) is 0. The lowest BCUT2D eigenvalue weighted by molar-refractivity contribution is 0.238. The minimum atomic E-state index is 0.277. The van der Waals surface area contributed by atoms with Gasteiger partial charge in [-0.1, -0.05) is 111 Å². The Labute approximate surface area is 182 Å². The number of hydrogen-bond donors (Lipinski definition) is 0. The molecule has 6 rings (SSSR count). The molecule has 0 aromatic carbocycles. The molecule has 0 aliphatic heterocycles. The van der Waals surface area contributed by atoms with Gasteiger partial charge in [-0.25, -0.2) is 0 Å². The van der Waals surface area contributed by atoms with Gasteiger partial charge in [0.25, 0.3) is 0 Å². The first-order chi connectivity index (χ1) is 14.6. The monoisotopic (exact) mass is 394 g/mol. The minimum absolute atomic E-state index is 0.277. The van der Waals surface area contributed by atoms with Gasteiger partial charge in [-0.15, -0.1) is 0 Å². The highest BCUT2D eigenvalue weighted by Gasteiger charge is 2.57. The molecule has 0 aromatic rings. The predicted molar refractivity (Wildman–Crippen MR) is 126 cm³/mol. The molecule has 0 amide bonds. The van der Waals surface area contributed by atoms with Crippen molar-refractivity contribution < 1.29 is 0 Å². The fraction of sp³-hybridized carbons (Fsp3) is 0.467. The molecule has 6 aliphatic rings. The highest BCUT2D eigenvalue weighted by atomic mass is 14.6. The summed E-state index contributed by atoms with van der Waals surface area (Å²) in [5.41, 5.74) is 0.554. The standard InChI is InChI=1S/C30H34/c1-29-19-9-7-15-27(29)23(21-11-3-5-13-25(21)29)17-18-24-22-12-4-6-14-26(22)30(2)20-10-8-16-28(24)30/h3-16,19-28H,17-18H2,1-2H3. The first-order valence-electron chi connectivity index (χ1n) is 12.0. The fourth-order valence-electron chi connectivity index (χ4n) is 8.32. The maximum absolute atomic E-state index is 2.53. The third-order valence-electron chi connectivity index (χ3n) is 9.74. The van der Waals surface area contributed by atoms with Crippen LogP contribution >= 0.6 is 0 Å². The van der Waals surface area contributed by atoms with E-state index in [4.69, 9.17) is 0 Å². The molecule has 2 saturated carbocycles. The molecule has 0 heterocycles. The molecule has 0 bridgehead atoms. The molecule has 0 radical (unpaired) electrons. The summed E-state index contributed by atoms with van der Waals surface area (Å²) in [5.74, 6) is 5.49. The van der Waals surface area contributed by atoms with Gasteiger partial charge < -0.3 is 0 Å². The number of rotatable bonds is 3. The quantitative estimate of drug-likeness (QED) is 0.473. The maximum atomic E-state index is 2.53. The third-order valence-corrected chi connectivity index (χ3v) is 9.74. The van der Waals surface area contributed by atoms with Gasteiger partial charge in [0.1, 0.15) is 0 Å². The van der Waals surface area contributed by atoms with Crippen molar-refractivity contribution in [2.45, 2.75) is 26.7 Å². The van der Waals surface area contributed by atoms with Crippen molar-refractivity contribution >= 4 is 0 Å². The molecule has 0 heteroatoms. The van der Waals surface area contributed by atoms with E-state index in [2.05, 4.69) is 111 Å². The largest absolute Gasteiger partial charge is 0.0805 e. The zero-order valence-electron chi connectivity index (χ0n) is 18.3. The highest BCUT2D eigenvalue weighted by molar-refractivity contribution is 5.34. The van der Waals surface area contributed by atoms with E-state index in [0.29, 0.717) is 35.5 Å². The van der Waals surface area contributed by atoms with Crippen molar-refractivity contribution in [1.82, 2.24) is 0 Å². The molecule has 0 nitrogen and oxygen atoms in total. The van der Waals surface area contributed by atoms with Crippen LogP contribution in [0.5, 0.6) is 0 Å². The Kier molecular flexibility index (Phi) is 4.18. The molecule has 10 unspecified atom stereocenters. The van der Waals surface area contributed by atoms with E-state index < -0.39 is 0 Å². The Hall–Kier alpha value is -2.08. The van der Waals surface area contributed by atoms with E-state index in [1.807, 2.05) is 0 Å². The van der Waals surface area contributed by atoms with Crippen molar-refractivity contribution in [3.8, 4) is 0 Å². The minimum Gasteiger partial charge on any atom is -0.0805 e. The molecular weight excluding hydrogens is 360 g/mol. The molecule has 0 aromatic heterocycles. The van der Waals surface area contributed by atoms with Crippen LogP contribution in [-0.2, 0) is 0 Å². The molecule has 0 N–H and O–H groups in total. The topological polar surface area (TPSA) is 0 Å². The smallest absolute Gasteiger partial charge is 0.000915 e. The van der Waals surface area contributed by atoms with Gasteiger partial charge in [0, 0.05) is 0 Å². The van der Waals surface area contributed by atoms with Crippen LogP contribution in [0.15, 0.2) is 97.2 Å². The van der Waals surface area contributed by atoms with Crippen molar-refractivity contribution in [3.05, 3.63) is 97.2 Å². The van der Waals surface area contributed by atoms with E-state index in [-0.39, 0.29) is 10.8 Å². The first-order valence-corrected chi connectivity index (χ1v) is 12.0. The van der Waals surface area contributed by atoms with Crippen molar-refractivity contribution in [2.24, 2.45) is 58.2 Å². The van der Waals surface area contributed by atoms with Crippen molar-refractivity contribution in [3.63, 3.8) is 0 Å². The second-order valence-corrected chi connectivity index (χ2v) is 10.9. The lowest BCUT2D eigenvalue weighted by atomic mass is 9.68. The van der Waals surface area contributed by atoms with Crippen LogP contribution in [-0.4, -0.2) is 0 Å². The fourth-order valence-corrected chi connectivity index (χ4v) is 8.32. The van der Waals surface area contributed by atoms with Gasteiger partial charge in [-0.2, -0.15) is 0 Å². The van der Waals surface area contributed by atoms with Crippen LogP contribution < -0.4 is 0 Å². The maximum Gasteiger partial charge on any atom is -0.000915 e. The lowest BCUT2D eigenvalue weighted by Gasteiger charge is -2.35. The second-order valence-electron chi connectivity index (χ2n) is 10.9. The summed E-state index contributed by atoms with van der Waals surface area (Å²) in [6, 6.07) is 0. The van der Waals surface area contributed by atoms with Gasteiger partial charge in [0.15, 0.2) is 0 Å². The van der Waals surface area contributed by atoms with E-state index in [1.165, 1.54) is 12.8 Å². The molecular formula is C30H34. The Morgan fingerprint density at radius 2 is 0.833 bits per heavy atom. The van der Waals surface area contributed by atoms with Gasteiger partial charge in [0.2, 0.25) is 0 Å². The number of fused-ring (bicyclic) bond motifs is 6. The lowest BCUT2D eigenvalue weighted by Crippen LogP contribution is -2.28. The van der Waals surface area contributed by atoms with E-state index >= 15 is 0 Å². The SMILES string of the molecule is CC12C=CC=CC1C(CCC1C3C=CC=CC3C3(C)C=CC=CC13)C1C=CC=CC12. The van der Waals surface area contributed by atoms with Crippen molar-refractivity contribution in [2.75, 3.05) is 0 Å². The average Bonchev–Trinajstić information content (AvgIpc) is 3.18. The zero-order valence-corrected chi connectivity index (χ0v) is 18.3. The predicted octanol–water partition coefficient (Wildman–Crippen LogP) is 7.24. The summed E-state index contributed by atoms with van der Waals surface area (Å²) in [6.07, 6.45) is 41.1. The summed E-state index contributed by atoms with van der Waals surface area (Å²) in [6.45, 7) is 5.01. The van der Waals surface area contributed by atoms with Crippen LogP contribution in [0, 0.1) is 58.2 Å². The molecule has 154 valence electrons. The Balaban J connectivity index is 1.29. The molecule has 6 aliphatic carbocycles. The van der Waals surface area contributed by atoms with Crippen LogP contribution in [0.2, 0.25) is 0 Å². The zero-order chi connectivity index (χ0) is 20.3. The van der Waals surface area contributed by atoms with E-state index in [0.717, 1.165) is 11.8 Å². The summed E-state index contributed by atoms with van der Waals surface area (Å²) in [4.78, 5) is 0. The molecule has 10 atom stereocenters. The summed E-state index contributed by atoms with van der Waals surface area (Å²) in [7, 11) is 0. The Bertz CT molecular complexity index is 871. The Morgan fingerprint density at radius 3 is 1.30 bits per heavy atom. The van der Waals surface area contributed by atoms with E-state index in [1.54, 1.807) is 0 Å². The van der Waals surface area contributed by atoms with Crippen LogP contribution in [0.25, 0.3) is 0 Å². The van der Waals surface area contributed by atoms with Gasteiger partial charge in [-0.3, -0.25) is 0 Å². The van der Waals surface area contributed by atoms with Crippen LogP contribution in [0.3, 0.4) is 0 Å². The first kappa shape index (κ1) is 18.7. The van der Waals surface area contributed by atoms with Gasteiger partial charge in [-0.05, 0) is 71.0 Å². The third kappa shape index (κ3) is 2.46. The van der Waals surface area contributed by atoms with Gasteiger partial charge in [0.05, 0.1) is 0 Å². The normalized spacial score (nSPS) is 51.1. The van der Waals surface area contributed by atoms with E-state index in [9.17, 15) is 0 Å². The molecule has 30 heavy (non-hydrogen) atoms. The average molecular weight is 395 g/mol.